The number of rotatable bonds is 5. The summed E-state index contributed by atoms with van der Waals surface area (Å²) in [5.41, 5.74) is 4.09. The van der Waals surface area contributed by atoms with Crippen molar-refractivity contribution < 1.29 is 0 Å². The first-order valence-electron chi connectivity index (χ1n) is 6.94. The van der Waals surface area contributed by atoms with Crippen LogP contribution in [0.2, 0.25) is 0 Å². The van der Waals surface area contributed by atoms with E-state index in [0.717, 1.165) is 29.8 Å². The summed E-state index contributed by atoms with van der Waals surface area (Å²) in [6.07, 6.45) is 4.40. The summed E-state index contributed by atoms with van der Waals surface area (Å²) in [5.74, 6) is 5.87. The summed E-state index contributed by atoms with van der Waals surface area (Å²) in [6.45, 7) is 9.73. The lowest BCUT2D eigenvalue weighted by Crippen LogP contribution is -2.53. The van der Waals surface area contributed by atoms with Crippen LogP contribution in [0.15, 0.2) is 10.7 Å². The van der Waals surface area contributed by atoms with Gasteiger partial charge >= 0.3 is 0 Å². The molecule has 0 radical (unpaired) electrons. The van der Waals surface area contributed by atoms with Gasteiger partial charge in [-0.05, 0) is 62.6 Å². The molecule has 1 unspecified atom stereocenters. The van der Waals surface area contributed by atoms with E-state index in [1.807, 2.05) is 10.9 Å². The first kappa shape index (κ1) is 15.0. The Hall–Kier alpha value is -0.430. The van der Waals surface area contributed by atoms with Crippen LogP contribution in [-0.2, 0) is 6.54 Å². The summed E-state index contributed by atoms with van der Waals surface area (Å²) >= 11 is 3.60. The molecule has 2 rings (SSSR count). The van der Waals surface area contributed by atoms with Crippen LogP contribution in [-0.4, -0.2) is 33.3 Å². The molecule has 1 aromatic heterocycles. The Morgan fingerprint density at radius 2 is 2.11 bits per heavy atom. The number of aryl methyl sites for hydroxylation is 1. The first-order chi connectivity index (χ1) is 9.02. The lowest BCUT2D eigenvalue weighted by Gasteiger charge is -2.42. The second-order valence-corrected chi connectivity index (χ2v) is 6.50. The monoisotopic (exact) mass is 329 g/mol. The van der Waals surface area contributed by atoms with Crippen LogP contribution < -0.4 is 11.3 Å². The largest absolute Gasteiger partial charge is 0.296 e. The molecule has 1 fully saturated rings. The second kappa shape index (κ2) is 5.91. The van der Waals surface area contributed by atoms with E-state index >= 15 is 0 Å². The molecule has 0 spiro atoms. The zero-order valence-electron chi connectivity index (χ0n) is 12.0. The minimum absolute atomic E-state index is 0.0409. The number of hydrazine groups is 1. The van der Waals surface area contributed by atoms with Crippen molar-refractivity contribution in [1.82, 2.24) is 20.1 Å². The quantitative estimate of drug-likeness (QED) is 0.641. The predicted molar refractivity (Wildman–Crippen MR) is 80.6 cm³/mol. The van der Waals surface area contributed by atoms with Gasteiger partial charge in [0.15, 0.2) is 0 Å². The van der Waals surface area contributed by atoms with Gasteiger partial charge in [0.2, 0.25) is 0 Å². The third-order valence-electron chi connectivity index (χ3n) is 4.20. The van der Waals surface area contributed by atoms with E-state index in [4.69, 9.17) is 5.84 Å². The molecule has 0 amide bonds. The van der Waals surface area contributed by atoms with E-state index in [-0.39, 0.29) is 11.6 Å². The lowest BCUT2D eigenvalue weighted by atomic mass is 9.90. The molecule has 0 saturated carbocycles. The topological polar surface area (TPSA) is 59.1 Å². The molecule has 1 aromatic rings. The fourth-order valence-electron chi connectivity index (χ4n) is 3.00. The number of nitrogens with two attached hydrogens (primary N) is 1. The maximum atomic E-state index is 5.87. The van der Waals surface area contributed by atoms with Gasteiger partial charge in [0.25, 0.3) is 0 Å². The van der Waals surface area contributed by atoms with Crippen molar-refractivity contribution in [2.24, 2.45) is 5.84 Å². The number of aromatic nitrogens is 2. The molecular formula is C13H24BrN5. The van der Waals surface area contributed by atoms with Gasteiger partial charge in [-0.15, -0.1) is 0 Å². The van der Waals surface area contributed by atoms with Crippen LogP contribution >= 0.6 is 15.9 Å². The SMILES string of the molecule is CCn1ncc(Br)c1C(NN)C(C)(C)N1CCCC1. The minimum atomic E-state index is -0.0409. The summed E-state index contributed by atoms with van der Waals surface area (Å²) in [7, 11) is 0. The maximum absolute atomic E-state index is 5.87. The smallest absolute Gasteiger partial charge is 0.0818 e. The summed E-state index contributed by atoms with van der Waals surface area (Å²) in [4.78, 5) is 2.51. The highest BCUT2D eigenvalue weighted by Gasteiger charge is 2.39. The molecule has 6 heteroatoms. The Bertz CT molecular complexity index is 423. The zero-order chi connectivity index (χ0) is 14.0. The van der Waals surface area contributed by atoms with Gasteiger partial charge < -0.3 is 0 Å². The fraction of sp³-hybridized carbons (Fsp3) is 0.769. The fourth-order valence-corrected chi connectivity index (χ4v) is 3.53. The maximum Gasteiger partial charge on any atom is 0.0818 e. The Balaban J connectivity index is 2.35. The Morgan fingerprint density at radius 1 is 1.47 bits per heavy atom. The van der Waals surface area contributed by atoms with Crippen molar-refractivity contribution in [3.05, 3.63) is 16.4 Å². The van der Waals surface area contributed by atoms with E-state index in [0.29, 0.717) is 0 Å². The van der Waals surface area contributed by atoms with E-state index in [1.54, 1.807) is 0 Å². The van der Waals surface area contributed by atoms with Crippen LogP contribution in [0.3, 0.4) is 0 Å². The van der Waals surface area contributed by atoms with E-state index in [2.05, 4.69) is 52.1 Å². The molecule has 19 heavy (non-hydrogen) atoms. The first-order valence-corrected chi connectivity index (χ1v) is 7.74. The molecule has 1 saturated heterocycles. The van der Waals surface area contributed by atoms with E-state index < -0.39 is 0 Å². The van der Waals surface area contributed by atoms with Crippen molar-refractivity contribution in [2.75, 3.05) is 13.1 Å². The van der Waals surface area contributed by atoms with Crippen LogP contribution in [0.5, 0.6) is 0 Å². The van der Waals surface area contributed by atoms with E-state index in [9.17, 15) is 0 Å². The van der Waals surface area contributed by atoms with Gasteiger partial charge in [-0.2, -0.15) is 5.10 Å². The van der Waals surface area contributed by atoms with Gasteiger partial charge in [0, 0.05) is 12.1 Å². The average molecular weight is 330 g/mol. The van der Waals surface area contributed by atoms with Crippen molar-refractivity contribution in [2.45, 2.75) is 51.7 Å². The van der Waals surface area contributed by atoms with Crippen molar-refractivity contribution in [3.63, 3.8) is 0 Å². The van der Waals surface area contributed by atoms with Crippen molar-refractivity contribution in [3.8, 4) is 0 Å². The molecule has 0 aromatic carbocycles. The van der Waals surface area contributed by atoms with Crippen LogP contribution in [0.4, 0.5) is 0 Å². The molecule has 1 atom stereocenters. The molecule has 5 nitrogen and oxygen atoms in total. The number of likely N-dealkylation sites (tertiary alicyclic amines) is 1. The molecule has 1 aliphatic heterocycles. The minimum Gasteiger partial charge on any atom is -0.296 e. The van der Waals surface area contributed by atoms with Crippen LogP contribution in [0.25, 0.3) is 0 Å². The molecule has 108 valence electrons. The Labute approximate surface area is 123 Å². The second-order valence-electron chi connectivity index (χ2n) is 5.64. The van der Waals surface area contributed by atoms with Crippen molar-refractivity contribution >= 4 is 15.9 Å². The molecule has 0 aliphatic carbocycles. The molecule has 1 aliphatic rings. The van der Waals surface area contributed by atoms with Crippen LogP contribution in [0.1, 0.15) is 45.3 Å². The van der Waals surface area contributed by atoms with E-state index in [1.165, 1.54) is 12.8 Å². The predicted octanol–water partition coefficient (Wildman–Crippen LogP) is 2.04. The van der Waals surface area contributed by atoms with Gasteiger partial charge in [0.05, 0.1) is 22.4 Å². The Morgan fingerprint density at radius 3 is 2.63 bits per heavy atom. The number of halogens is 1. The summed E-state index contributed by atoms with van der Waals surface area (Å²) in [6, 6.07) is 0.0439. The van der Waals surface area contributed by atoms with Crippen LogP contribution in [0, 0.1) is 0 Å². The average Bonchev–Trinajstić information content (AvgIpc) is 3.01. The number of hydrogen-bond donors (Lipinski definition) is 2. The molecular weight excluding hydrogens is 306 g/mol. The zero-order valence-corrected chi connectivity index (χ0v) is 13.6. The molecule has 2 heterocycles. The van der Waals surface area contributed by atoms with Gasteiger partial charge in [0.1, 0.15) is 0 Å². The highest BCUT2D eigenvalue weighted by molar-refractivity contribution is 9.10. The third-order valence-corrected chi connectivity index (χ3v) is 4.81. The van der Waals surface area contributed by atoms with Gasteiger partial charge in [-0.1, -0.05) is 0 Å². The third kappa shape index (κ3) is 2.72. The summed E-state index contributed by atoms with van der Waals surface area (Å²) in [5, 5.41) is 4.40. The standard InChI is InChI=1S/C13H24BrN5/c1-4-19-11(10(14)9-16-19)12(17-15)13(2,3)18-7-5-6-8-18/h9,12,17H,4-8,15H2,1-3H3. The highest BCUT2D eigenvalue weighted by Crippen LogP contribution is 2.36. The van der Waals surface area contributed by atoms with Gasteiger partial charge in [-0.3, -0.25) is 15.4 Å². The lowest BCUT2D eigenvalue weighted by molar-refractivity contribution is 0.102. The number of hydrogen-bond acceptors (Lipinski definition) is 4. The normalized spacial score (nSPS) is 19.0. The summed E-state index contributed by atoms with van der Waals surface area (Å²) < 4.78 is 3.02. The Kier molecular flexibility index (Phi) is 4.66. The molecule has 3 N–H and O–H groups in total. The highest BCUT2D eigenvalue weighted by atomic mass is 79.9. The molecule has 0 bridgehead atoms. The number of nitrogens with zero attached hydrogens (tertiary/aromatic N) is 3. The number of nitrogens with one attached hydrogen (secondary N) is 1. The van der Waals surface area contributed by atoms with Gasteiger partial charge in [-0.25, -0.2) is 5.43 Å². The van der Waals surface area contributed by atoms with Crippen molar-refractivity contribution in [1.29, 1.82) is 0 Å².